The molecule has 4 unspecified atom stereocenters. The maximum Gasteiger partial charge on any atom is 0.472 e. The maximum atomic E-state index is 12.9. The zero-order chi connectivity index (χ0) is 41.1. The van der Waals surface area contributed by atoms with Crippen LogP contribution in [-0.4, -0.2) is 110 Å². The van der Waals surface area contributed by atoms with Crippen LogP contribution in [0.15, 0.2) is 0 Å². The van der Waals surface area contributed by atoms with Crippen molar-refractivity contribution in [3.8, 4) is 0 Å². The van der Waals surface area contributed by atoms with Gasteiger partial charge in [-0.2, -0.15) is 0 Å². The molecule has 0 aromatic heterocycles. The van der Waals surface area contributed by atoms with Crippen LogP contribution in [0, 0.1) is 0 Å². The van der Waals surface area contributed by atoms with E-state index >= 15 is 0 Å². The number of rotatable bonds is 34. The molecule has 1 fully saturated rings. The van der Waals surface area contributed by atoms with Gasteiger partial charge in [-0.1, -0.05) is 122 Å². The molecule has 1 saturated carbocycles. The van der Waals surface area contributed by atoms with E-state index in [1.54, 1.807) is 0 Å². The molecule has 0 saturated heterocycles. The molecule has 0 aromatic carbocycles. The number of phosphoric acid groups is 2. The lowest BCUT2D eigenvalue weighted by Gasteiger charge is -2.43. The third-order valence-electron chi connectivity index (χ3n) is 9.53. The van der Waals surface area contributed by atoms with Crippen molar-refractivity contribution in [2.24, 2.45) is 5.73 Å². The van der Waals surface area contributed by atoms with Crippen LogP contribution < -0.4 is 5.73 Å². The van der Waals surface area contributed by atoms with Crippen molar-refractivity contribution in [2.45, 2.75) is 197 Å². The molecule has 1 aliphatic carbocycles. The van der Waals surface area contributed by atoms with Gasteiger partial charge in [0.25, 0.3) is 0 Å². The van der Waals surface area contributed by atoms with Crippen molar-refractivity contribution in [1.82, 2.24) is 0 Å². The normalized spacial score (nSPS) is 23.3. The summed E-state index contributed by atoms with van der Waals surface area (Å²) in [6.45, 7) is 1.55. The number of hydrogen-bond acceptors (Lipinski definition) is 14. The zero-order valence-corrected chi connectivity index (χ0v) is 34.5. The fourth-order valence-electron chi connectivity index (χ4n) is 6.33. The van der Waals surface area contributed by atoms with Gasteiger partial charge >= 0.3 is 27.6 Å². The summed E-state index contributed by atoms with van der Waals surface area (Å²) < 4.78 is 49.0. The summed E-state index contributed by atoms with van der Waals surface area (Å²) in [5, 5.41) is 41.0. The molecule has 55 heavy (non-hydrogen) atoms. The molecular formula is C36H71NO16P2. The Morgan fingerprint density at radius 3 is 1.44 bits per heavy atom. The van der Waals surface area contributed by atoms with Gasteiger partial charge in [0.05, 0.1) is 6.61 Å². The predicted octanol–water partition coefficient (Wildman–Crippen LogP) is 4.83. The van der Waals surface area contributed by atoms with Crippen LogP contribution in [0.4, 0.5) is 0 Å². The van der Waals surface area contributed by atoms with E-state index in [2.05, 4.69) is 11.4 Å². The zero-order valence-electron chi connectivity index (χ0n) is 32.7. The average molecular weight is 836 g/mol. The van der Waals surface area contributed by atoms with Crippen LogP contribution in [-0.2, 0) is 41.8 Å². The molecule has 0 heterocycles. The SMILES string of the molecule is CCCCCCCCCCCCCCCC(=O)O[C@H](COC(=O)CCCCCCCCCCN)COP(=O)(O)OC1C(O)[C@H](O)C(O)[C@H](OP(=O)(O)O)[C@@H]1O. The standard InChI is InChI=1S/C36H71NO16P2/c1-2-3-4-5-6-7-8-9-10-11-15-18-21-24-30(39)51-28(26-49-29(38)23-20-17-14-12-13-16-19-22-25-37)27-50-55(47,48)53-36-33(42)31(40)32(41)35(34(36)43)52-54(44,45)46/h28,31-36,40-43H,2-27,37H2,1H3,(H,47,48)(H2,44,45,46)/t28-,31-,32?,33?,34+,35+,36?/m1/s1. The minimum atomic E-state index is -5.35. The number of carbonyl (C=O) groups is 2. The van der Waals surface area contributed by atoms with Crippen molar-refractivity contribution < 1.29 is 76.9 Å². The minimum absolute atomic E-state index is 0.0450. The molecular weight excluding hydrogens is 764 g/mol. The van der Waals surface area contributed by atoms with Crippen LogP contribution in [0.5, 0.6) is 0 Å². The Kier molecular flexibility index (Phi) is 28.4. The van der Waals surface area contributed by atoms with E-state index in [4.69, 9.17) is 34.0 Å². The number of hydrogen-bond donors (Lipinski definition) is 8. The van der Waals surface area contributed by atoms with E-state index in [0.717, 1.165) is 70.6 Å². The molecule has 0 spiro atoms. The van der Waals surface area contributed by atoms with Gasteiger partial charge in [0.15, 0.2) is 6.10 Å². The van der Waals surface area contributed by atoms with Gasteiger partial charge in [-0.3, -0.25) is 23.2 Å². The van der Waals surface area contributed by atoms with Crippen molar-refractivity contribution in [3.05, 3.63) is 0 Å². The fourth-order valence-corrected chi connectivity index (χ4v) is 7.87. The quantitative estimate of drug-likeness (QED) is 0.0245. The van der Waals surface area contributed by atoms with E-state index in [0.29, 0.717) is 19.4 Å². The third kappa shape index (κ3) is 25.1. The monoisotopic (exact) mass is 835 g/mol. The molecule has 17 nitrogen and oxygen atoms in total. The number of nitrogens with two attached hydrogens (primary N) is 1. The molecule has 0 bridgehead atoms. The van der Waals surface area contributed by atoms with Crippen molar-refractivity contribution in [2.75, 3.05) is 19.8 Å². The van der Waals surface area contributed by atoms with Gasteiger partial charge in [0, 0.05) is 12.8 Å². The summed E-state index contributed by atoms with van der Waals surface area (Å²) >= 11 is 0. The lowest BCUT2D eigenvalue weighted by molar-refractivity contribution is -0.216. The fraction of sp³-hybridized carbons (Fsp3) is 0.944. The molecule has 8 atom stereocenters. The van der Waals surface area contributed by atoms with Crippen LogP contribution in [0.25, 0.3) is 0 Å². The molecule has 0 amide bonds. The van der Waals surface area contributed by atoms with Crippen molar-refractivity contribution in [3.63, 3.8) is 0 Å². The Morgan fingerprint density at radius 1 is 0.564 bits per heavy atom. The van der Waals surface area contributed by atoms with Crippen LogP contribution in [0.1, 0.15) is 155 Å². The Hall–Kier alpha value is -1.04. The topological polar surface area (TPSA) is 282 Å². The highest BCUT2D eigenvalue weighted by molar-refractivity contribution is 7.47. The first-order valence-electron chi connectivity index (χ1n) is 20.3. The van der Waals surface area contributed by atoms with Crippen molar-refractivity contribution in [1.29, 1.82) is 0 Å². The predicted molar refractivity (Wildman–Crippen MR) is 203 cm³/mol. The lowest BCUT2D eigenvalue weighted by atomic mass is 9.85. The Morgan fingerprint density at radius 2 is 0.982 bits per heavy atom. The van der Waals surface area contributed by atoms with E-state index < -0.39 is 83.5 Å². The van der Waals surface area contributed by atoms with Crippen LogP contribution in [0.3, 0.4) is 0 Å². The number of phosphoric ester groups is 2. The largest absolute Gasteiger partial charge is 0.472 e. The maximum absolute atomic E-state index is 12.9. The lowest BCUT2D eigenvalue weighted by Crippen LogP contribution is -2.64. The van der Waals surface area contributed by atoms with Gasteiger partial charge < -0.3 is 50.3 Å². The first kappa shape index (κ1) is 52.0. The second kappa shape index (κ2) is 30.1. The van der Waals surface area contributed by atoms with Crippen LogP contribution >= 0.6 is 15.6 Å². The molecule has 0 radical (unpaired) electrons. The highest BCUT2D eigenvalue weighted by Crippen LogP contribution is 2.49. The van der Waals surface area contributed by atoms with Gasteiger partial charge in [-0.15, -0.1) is 0 Å². The summed E-state index contributed by atoms with van der Waals surface area (Å²) in [5.41, 5.74) is 5.51. The molecule has 0 aromatic rings. The van der Waals surface area contributed by atoms with Crippen molar-refractivity contribution >= 4 is 27.6 Å². The number of aliphatic hydroxyl groups is 4. The first-order chi connectivity index (χ1) is 26.1. The number of aliphatic hydroxyl groups excluding tert-OH is 4. The number of unbranched alkanes of at least 4 members (excludes halogenated alkanes) is 19. The summed E-state index contributed by atoms with van der Waals surface area (Å²) in [7, 11) is -10.6. The summed E-state index contributed by atoms with van der Waals surface area (Å²) in [6, 6.07) is 0. The smallest absolute Gasteiger partial charge is 0.462 e. The van der Waals surface area contributed by atoms with Gasteiger partial charge in [-0.05, 0) is 25.8 Å². The van der Waals surface area contributed by atoms with E-state index in [1.165, 1.54) is 51.4 Å². The minimum Gasteiger partial charge on any atom is -0.462 e. The number of carbonyl (C=O) groups excluding carboxylic acids is 2. The third-order valence-corrected chi connectivity index (χ3v) is 11.0. The average Bonchev–Trinajstić information content (AvgIpc) is 3.13. The number of ether oxygens (including phenoxy) is 2. The molecule has 1 aliphatic rings. The van der Waals surface area contributed by atoms with Gasteiger partial charge in [-0.25, -0.2) is 9.13 Å². The summed E-state index contributed by atoms with van der Waals surface area (Å²) in [5.74, 6) is -1.22. The first-order valence-corrected chi connectivity index (χ1v) is 23.3. The Labute approximate surface area is 326 Å². The highest BCUT2D eigenvalue weighted by atomic mass is 31.2. The summed E-state index contributed by atoms with van der Waals surface area (Å²) in [4.78, 5) is 53.8. The highest BCUT2D eigenvalue weighted by Gasteiger charge is 2.54. The molecule has 19 heteroatoms. The van der Waals surface area contributed by atoms with E-state index in [1.807, 2.05) is 0 Å². The molecule has 0 aliphatic heterocycles. The van der Waals surface area contributed by atoms with E-state index in [9.17, 15) is 44.0 Å². The summed E-state index contributed by atoms with van der Waals surface area (Å²) in [6.07, 6.45) is 7.70. The molecule has 326 valence electrons. The second-order valence-electron chi connectivity index (χ2n) is 14.5. The van der Waals surface area contributed by atoms with E-state index in [-0.39, 0.29) is 12.8 Å². The molecule has 9 N–H and O–H groups in total. The Bertz CT molecular complexity index is 1110. The Balaban J connectivity index is 2.66. The van der Waals surface area contributed by atoms with Gasteiger partial charge in [0.2, 0.25) is 0 Å². The second-order valence-corrected chi connectivity index (χ2v) is 17.1. The van der Waals surface area contributed by atoms with Gasteiger partial charge in [0.1, 0.15) is 43.2 Å². The number of esters is 2. The molecule has 1 rings (SSSR count). The van der Waals surface area contributed by atoms with Crippen LogP contribution in [0.2, 0.25) is 0 Å².